The van der Waals surface area contributed by atoms with Crippen molar-refractivity contribution in [3.8, 4) is 0 Å². The van der Waals surface area contributed by atoms with Crippen molar-refractivity contribution in [2.24, 2.45) is 5.92 Å². The largest absolute Gasteiger partial charge is 0.480 e. The van der Waals surface area contributed by atoms with Gasteiger partial charge in [-0.1, -0.05) is 0 Å². The van der Waals surface area contributed by atoms with E-state index in [2.05, 4.69) is 5.32 Å². The Hall–Kier alpha value is -0.710. The summed E-state index contributed by atoms with van der Waals surface area (Å²) in [5.74, 6) is -4.13. The summed E-state index contributed by atoms with van der Waals surface area (Å²) in [4.78, 5) is 10.6. The maximum absolute atomic E-state index is 13.1. The zero-order valence-corrected chi connectivity index (χ0v) is 6.96. The second kappa shape index (κ2) is 2.64. The Morgan fingerprint density at radius 2 is 2.15 bits per heavy atom. The number of hydrogen-bond donors (Lipinski definition) is 2. The molecule has 0 amide bonds. The SMILES string of the molecule is O=C(O)[C@H]1N[C@@H]2CC[C@@H]1CC2(F)F. The van der Waals surface area contributed by atoms with Gasteiger partial charge in [-0.05, 0) is 18.8 Å². The summed E-state index contributed by atoms with van der Waals surface area (Å²) in [6.07, 6.45) is 0.716. The van der Waals surface area contributed by atoms with Gasteiger partial charge in [0, 0.05) is 6.42 Å². The minimum Gasteiger partial charge on any atom is -0.480 e. The van der Waals surface area contributed by atoms with Crippen LogP contribution < -0.4 is 5.32 Å². The molecule has 2 N–H and O–H groups in total. The first-order valence-corrected chi connectivity index (χ1v) is 4.37. The summed E-state index contributed by atoms with van der Waals surface area (Å²) in [7, 11) is 0. The standard InChI is InChI=1S/C8H11F2NO2/c9-8(10)3-4-1-2-5(8)11-6(4)7(12)13/h4-6,11H,1-3H2,(H,12,13)/t4-,5-,6+/m1/s1. The van der Waals surface area contributed by atoms with E-state index in [0.29, 0.717) is 12.8 Å². The van der Waals surface area contributed by atoms with E-state index in [1.165, 1.54) is 0 Å². The first kappa shape index (κ1) is 8.87. The van der Waals surface area contributed by atoms with Crippen LogP contribution in [0.15, 0.2) is 0 Å². The van der Waals surface area contributed by atoms with Gasteiger partial charge in [0.05, 0.1) is 6.04 Å². The molecule has 3 rings (SSSR count). The number of rotatable bonds is 1. The van der Waals surface area contributed by atoms with E-state index in [0.717, 1.165) is 0 Å². The molecule has 5 heteroatoms. The molecule has 0 radical (unpaired) electrons. The van der Waals surface area contributed by atoms with Gasteiger partial charge in [0.15, 0.2) is 0 Å². The van der Waals surface area contributed by atoms with Gasteiger partial charge in [-0.25, -0.2) is 8.78 Å². The zero-order chi connectivity index (χ0) is 9.64. The zero-order valence-electron chi connectivity index (χ0n) is 6.96. The van der Waals surface area contributed by atoms with Crippen LogP contribution in [0.25, 0.3) is 0 Å². The molecular formula is C8H11F2NO2. The molecule has 0 aromatic carbocycles. The van der Waals surface area contributed by atoms with Crippen LogP contribution in [-0.2, 0) is 4.79 Å². The average molecular weight is 191 g/mol. The first-order valence-electron chi connectivity index (χ1n) is 4.37. The molecule has 0 unspecified atom stereocenters. The van der Waals surface area contributed by atoms with E-state index < -0.39 is 29.9 Å². The van der Waals surface area contributed by atoms with Crippen molar-refractivity contribution in [2.45, 2.75) is 37.3 Å². The van der Waals surface area contributed by atoms with Crippen molar-refractivity contribution in [1.29, 1.82) is 0 Å². The molecular weight excluding hydrogens is 180 g/mol. The third kappa shape index (κ3) is 1.31. The van der Waals surface area contributed by atoms with Crippen LogP contribution in [0, 0.1) is 5.92 Å². The maximum atomic E-state index is 13.1. The molecule has 2 saturated heterocycles. The fraction of sp³-hybridized carbons (Fsp3) is 0.875. The van der Waals surface area contributed by atoms with Gasteiger partial charge in [0.1, 0.15) is 6.04 Å². The Balaban J connectivity index is 2.16. The molecule has 3 aliphatic rings. The highest BCUT2D eigenvalue weighted by Crippen LogP contribution is 2.42. The molecule has 1 aliphatic carbocycles. The highest BCUT2D eigenvalue weighted by molar-refractivity contribution is 5.74. The molecule has 0 spiro atoms. The number of aliphatic carboxylic acids is 1. The Kier molecular flexibility index (Phi) is 1.80. The molecule has 3 nitrogen and oxygen atoms in total. The number of halogens is 2. The van der Waals surface area contributed by atoms with E-state index >= 15 is 0 Å². The van der Waals surface area contributed by atoms with E-state index in [4.69, 9.17) is 5.11 Å². The lowest BCUT2D eigenvalue weighted by molar-refractivity contribution is -0.156. The third-order valence-corrected chi connectivity index (χ3v) is 2.99. The number of fused-ring (bicyclic) bond motifs is 3. The fourth-order valence-corrected chi connectivity index (χ4v) is 2.30. The molecule has 3 atom stereocenters. The number of nitrogens with one attached hydrogen (secondary N) is 1. The third-order valence-electron chi connectivity index (χ3n) is 2.99. The smallest absolute Gasteiger partial charge is 0.320 e. The van der Waals surface area contributed by atoms with Gasteiger partial charge >= 0.3 is 5.97 Å². The van der Waals surface area contributed by atoms with Crippen molar-refractivity contribution >= 4 is 5.97 Å². The Bertz CT molecular complexity index is 244. The quantitative estimate of drug-likeness (QED) is 0.646. The maximum Gasteiger partial charge on any atom is 0.320 e. The summed E-state index contributed by atoms with van der Waals surface area (Å²) >= 11 is 0. The van der Waals surface area contributed by atoms with E-state index in [9.17, 15) is 13.6 Å². The van der Waals surface area contributed by atoms with Crippen LogP contribution >= 0.6 is 0 Å². The molecule has 1 saturated carbocycles. The minimum absolute atomic E-state index is 0.276. The number of carboxylic acids is 1. The van der Waals surface area contributed by atoms with Gasteiger partial charge in [-0.3, -0.25) is 10.1 Å². The normalized spacial score (nSPS) is 41.8. The molecule has 0 aromatic heterocycles. The molecule has 3 fully saturated rings. The predicted molar refractivity (Wildman–Crippen MR) is 40.6 cm³/mol. The van der Waals surface area contributed by atoms with Gasteiger partial charge in [0.2, 0.25) is 0 Å². The summed E-state index contributed by atoms with van der Waals surface area (Å²) in [5, 5.41) is 11.2. The van der Waals surface area contributed by atoms with Crippen molar-refractivity contribution in [1.82, 2.24) is 5.32 Å². The first-order chi connectivity index (χ1) is 6.00. The Labute approximate surface area is 74.1 Å². The van der Waals surface area contributed by atoms with Crippen LogP contribution in [-0.4, -0.2) is 29.1 Å². The van der Waals surface area contributed by atoms with Gasteiger partial charge in [-0.15, -0.1) is 0 Å². The summed E-state index contributed by atoms with van der Waals surface area (Å²) < 4.78 is 26.2. The lowest BCUT2D eigenvalue weighted by Crippen LogP contribution is -2.64. The minimum atomic E-state index is -2.71. The number of piperidine rings is 2. The molecule has 0 aromatic rings. The van der Waals surface area contributed by atoms with E-state index in [1.54, 1.807) is 0 Å². The number of hydrogen-bond acceptors (Lipinski definition) is 2. The molecule has 2 bridgehead atoms. The van der Waals surface area contributed by atoms with Crippen LogP contribution in [0.5, 0.6) is 0 Å². The summed E-state index contributed by atoms with van der Waals surface area (Å²) in [6, 6.07) is -1.70. The summed E-state index contributed by atoms with van der Waals surface area (Å²) in [5.41, 5.74) is 0. The second-order valence-electron chi connectivity index (χ2n) is 3.84. The van der Waals surface area contributed by atoms with Crippen LogP contribution in [0.1, 0.15) is 19.3 Å². The second-order valence-corrected chi connectivity index (χ2v) is 3.84. The van der Waals surface area contributed by atoms with Gasteiger partial charge in [0.25, 0.3) is 5.92 Å². The predicted octanol–water partition coefficient (Wildman–Crippen LogP) is 0.847. The number of carboxylic acid groups (broad SMARTS) is 1. The van der Waals surface area contributed by atoms with Crippen molar-refractivity contribution in [2.75, 3.05) is 0 Å². The van der Waals surface area contributed by atoms with Gasteiger partial charge in [-0.2, -0.15) is 0 Å². The summed E-state index contributed by atoms with van der Waals surface area (Å²) in [6.45, 7) is 0. The average Bonchev–Trinajstić information content (AvgIpc) is 2.02. The Morgan fingerprint density at radius 3 is 2.54 bits per heavy atom. The highest BCUT2D eigenvalue weighted by atomic mass is 19.3. The number of alkyl halides is 2. The van der Waals surface area contributed by atoms with Crippen molar-refractivity contribution < 1.29 is 18.7 Å². The van der Waals surface area contributed by atoms with Crippen molar-refractivity contribution in [3.05, 3.63) is 0 Å². The highest BCUT2D eigenvalue weighted by Gasteiger charge is 2.54. The van der Waals surface area contributed by atoms with Crippen LogP contribution in [0.4, 0.5) is 8.78 Å². The fourth-order valence-electron chi connectivity index (χ4n) is 2.30. The van der Waals surface area contributed by atoms with Gasteiger partial charge < -0.3 is 5.11 Å². The monoisotopic (exact) mass is 191 g/mol. The molecule has 2 aliphatic heterocycles. The van der Waals surface area contributed by atoms with Crippen LogP contribution in [0.3, 0.4) is 0 Å². The van der Waals surface area contributed by atoms with Crippen molar-refractivity contribution in [3.63, 3.8) is 0 Å². The van der Waals surface area contributed by atoms with Crippen LogP contribution in [0.2, 0.25) is 0 Å². The van der Waals surface area contributed by atoms with E-state index in [1.807, 2.05) is 0 Å². The van der Waals surface area contributed by atoms with E-state index in [-0.39, 0.29) is 6.42 Å². The lowest BCUT2D eigenvalue weighted by Gasteiger charge is -2.46. The molecule has 13 heavy (non-hydrogen) atoms. The molecule has 74 valence electrons. The topological polar surface area (TPSA) is 49.3 Å². The number of carbonyl (C=O) groups is 1. The lowest BCUT2D eigenvalue weighted by atomic mass is 9.74. The molecule has 2 heterocycles. The Morgan fingerprint density at radius 1 is 1.46 bits per heavy atom.